The van der Waals surface area contributed by atoms with E-state index < -0.39 is 0 Å². The summed E-state index contributed by atoms with van der Waals surface area (Å²) in [6.45, 7) is 1.68. The highest BCUT2D eigenvalue weighted by Crippen LogP contribution is 2.18. The first-order chi connectivity index (χ1) is 12.8. The molecule has 1 saturated heterocycles. The minimum absolute atomic E-state index is 0.0199. The van der Waals surface area contributed by atoms with E-state index in [1.165, 1.54) is 0 Å². The predicted molar refractivity (Wildman–Crippen MR) is 97.7 cm³/mol. The monoisotopic (exact) mass is 348 g/mol. The van der Waals surface area contributed by atoms with Gasteiger partial charge in [-0.25, -0.2) is 4.98 Å². The fraction of sp³-hybridized carbons (Fsp3) is 0.300. The van der Waals surface area contributed by atoms with Crippen LogP contribution in [0.2, 0.25) is 0 Å². The van der Waals surface area contributed by atoms with Crippen LogP contribution in [0, 0.1) is 0 Å². The number of benzene rings is 1. The van der Waals surface area contributed by atoms with Gasteiger partial charge in [-0.1, -0.05) is 24.3 Å². The average Bonchev–Trinajstić information content (AvgIpc) is 2.72. The van der Waals surface area contributed by atoms with Crippen LogP contribution < -0.4 is 0 Å². The van der Waals surface area contributed by atoms with Gasteiger partial charge in [0, 0.05) is 30.5 Å². The first-order valence-corrected chi connectivity index (χ1v) is 8.81. The van der Waals surface area contributed by atoms with Gasteiger partial charge >= 0.3 is 0 Å². The summed E-state index contributed by atoms with van der Waals surface area (Å²) in [5.74, 6) is -0.0387. The molecule has 0 unspecified atom stereocenters. The second-order valence-corrected chi connectivity index (χ2v) is 6.35. The number of pyridine rings is 1. The Morgan fingerprint density at radius 1 is 1.19 bits per heavy atom. The molecule has 2 aromatic heterocycles. The minimum atomic E-state index is -0.0387. The number of morpholine rings is 1. The largest absolute Gasteiger partial charge is 0.377 e. The first-order valence-electron chi connectivity index (χ1n) is 8.81. The highest BCUT2D eigenvalue weighted by Gasteiger charge is 2.28. The third kappa shape index (κ3) is 3.55. The van der Waals surface area contributed by atoms with Gasteiger partial charge in [-0.2, -0.15) is 0 Å². The molecule has 0 aliphatic carbocycles. The maximum Gasteiger partial charge on any atom is 0.272 e. The summed E-state index contributed by atoms with van der Waals surface area (Å²) in [6.07, 6.45) is 6.67. The van der Waals surface area contributed by atoms with Crippen LogP contribution in [-0.2, 0) is 11.2 Å². The maximum absolute atomic E-state index is 13.0. The Morgan fingerprint density at radius 3 is 3.00 bits per heavy atom. The number of carbonyl (C=O) groups excluding carboxylic acids is 1. The van der Waals surface area contributed by atoms with Gasteiger partial charge in [0.15, 0.2) is 0 Å². The smallest absolute Gasteiger partial charge is 0.272 e. The van der Waals surface area contributed by atoms with Crippen LogP contribution in [0.15, 0.2) is 55.0 Å². The van der Waals surface area contributed by atoms with Gasteiger partial charge in [-0.05, 0) is 25.0 Å². The van der Waals surface area contributed by atoms with Crippen molar-refractivity contribution in [3.8, 4) is 0 Å². The van der Waals surface area contributed by atoms with E-state index >= 15 is 0 Å². The topological polar surface area (TPSA) is 68.2 Å². The number of aromatic nitrogens is 3. The molecule has 3 aromatic rings. The van der Waals surface area contributed by atoms with Crippen molar-refractivity contribution >= 4 is 16.8 Å². The van der Waals surface area contributed by atoms with E-state index in [2.05, 4.69) is 15.0 Å². The zero-order valence-corrected chi connectivity index (χ0v) is 14.4. The fourth-order valence-electron chi connectivity index (χ4n) is 3.27. The molecule has 0 N–H and O–H groups in total. The molecule has 0 spiro atoms. The van der Waals surface area contributed by atoms with Crippen LogP contribution in [0.4, 0.5) is 0 Å². The molecule has 1 aliphatic rings. The lowest BCUT2D eigenvalue weighted by Gasteiger charge is -2.35. The van der Waals surface area contributed by atoms with Gasteiger partial charge in [0.05, 0.1) is 30.5 Å². The number of aryl methyl sites for hydroxylation is 1. The Balaban J connectivity index is 1.51. The van der Waals surface area contributed by atoms with Crippen LogP contribution in [0.1, 0.15) is 22.6 Å². The summed E-state index contributed by atoms with van der Waals surface area (Å²) in [6, 6.07) is 11.6. The Morgan fingerprint density at radius 2 is 2.12 bits per heavy atom. The molecule has 132 valence electrons. The summed E-state index contributed by atoms with van der Waals surface area (Å²) in [5.41, 5.74) is 2.24. The molecular weight excluding hydrogens is 328 g/mol. The molecule has 6 heteroatoms. The minimum Gasteiger partial charge on any atom is -0.377 e. The van der Waals surface area contributed by atoms with Crippen molar-refractivity contribution in [2.75, 3.05) is 19.8 Å². The lowest BCUT2D eigenvalue weighted by Crippen LogP contribution is -2.49. The van der Waals surface area contributed by atoms with E-state index in [0.29, 0.717) is 25.5 Å². The van der Waals surface area contributed by atoms with Crippen molar-refractivity contribution in [2.24, 2.45) is 0 Å². The predicted octanol–water partition coefficient (Wildman–Crippen LogP) is 2.50. The van der Waals surface area contributed by atoms with Crippen molar-refractivity contribution < 1.29 is 9.53 Å². The van der Waals surface area contributed by atoms with E-state index in [4.69, 9.17) is 4.74 Å². The Labute approximate surface area is 151 Å². The Hall–Kier alpha value is -2.86. The summed E-state index contributed by atoms with van der Waals surface area (Å²) in [4.78, 5) is 27.9. The van der Waals surface area contributed by atoms with E-state index in [1.807, 2.05) is 35.2 Å². The summed E-state index contributed by atoms with van der Waals surface area (Å²) >= 11 is 0. The molecule has 4 rings (SSSR count). The molecule has 1 aliphatic heterocycles. The Kier molecular flexibility index (Phi) is 4.84. The van der Waals surface area contributed by atoms with Crippen molar-refractivity contribution in [3.63, 3.8) is 0 Å². The zero-order chi connectivity index (χ0) is 17.8. The molecule has 26 heavy (non-hydrogen) atoms. The van der Waals surface area contributed by atoms with Gasteiger partial charge in [0.25, 0.3) is 5.91 Å². The first kappa shape index (κ1) is 16.6. The van der Waals surface area contributed by atoms with Gasteiger partial charge in [-0.3, -0.25) is 14.8 Å². The Bertz CT molecular complexity index is 900. The molecular formula is C20H20N4O2. The number of para-hydroxylation sites is 1. The lowest BCUT2D eigenvalue weighted by molar-refractivity contribution is -0.00441. The summed E-state index contributed by atoms with van der Waals surface area (Å²) in [7, 11) is 0. The molecule has 0 saturated carbocycles. The number of amides is 1. The van der Waals surface area contributed by atoms with Gasteiger partial charge in [0.1, 0.15) is 5.69 Å². The summed E-state index contributed by atoms with van der Waals surface area (Å²) < 4.78 is 5.61. The second-order valence-electron chi connectivity index (χ2n) is 6.35. The van der Waals surface area contributed by atoms with Crippen LogP contribution in [0.25, 0.3) is 10.9 Å². The molecule has 3 heterocycles. The van der Waals surface area contributed by atoms with Crippen LogP contribution in [-0.4, -0.2) is 51.6 Å². The van der Waals surface area contributed by atoms with E-state index in [9.17, 15) is 4.79 Å². The number of rotatable bonds is 4. The molecule has 1 fully saturated rings. The van der Waals surface area contributed by atoms with Gasteiger partial charge in [0.2, 0.25) is 0 Å². The highest BCUT2D eigenvalue weighted by atomic mass is 16.5. The van der Waals surface area contributed by atoms with Crippen LogP contribution >= 0.6 is 0 Å². The number of hydrogen-bond acceptors (Lipinski definition) is 5. The molecule has 6 nitrogen and oxygen atoms in total. The molecule has 1 atom stereocenters. The highest BCUT2D eigenvalue weighted by molar-refractivity contribution is 5.95. The van der Waals surface area contributed by atoms with Crippen LogP contribution in [0.5, 0.6) is 0 Å². The zero-order valence-electron chi connectivity index (χ0n) is 14.4. The summed E-state index contributed by atoms with van der Waals surface area (Å²) in [5, 5.41) is 1.03. The number of carbonyl (C=O) groups is 1. The quantitative estimate of drug-likeness (QED) is 0.725. The molecule has 1 aromatic carbocycles. The van der Waals surface area contributed by atoms with E-state index in [1.54, 1.807) is 24.7 Å². The standard InChI is InChI=1S/C20H20N4O2/c25-20(19-8-5-15-3-1-2-4-18(15)23-19)24-11-12-26-14-17(24)7-6-16-13-21-9-10-22-16/h1-5,8-10,13,17H,6-7,11-12,14H2/t17-/m0/s1. The van der Waals surface area contributed by atoms with Gasteiger partial charge in [-0.15, -0.1) is 0 Å². The molecule has 0 bridgehead atoms. The van der Waals surface area contributed by atoms with E-state index in [-0.39, 0.29) is 11.9 Å². The van der Waals surface area contributed by atoms with Crippen molar-refractivity contribution in [2.45, 2.75) is 18.9 Å². The third-order valence-electron chi connectivity index (χ3n) is 4.66. The third-order valence-corrected chi connectivity index (χ3v) is 4.66. The number of fused-ring (bicyclic) bond motifs is 1. The van der Waals surface area contributed by atoms with Crippen molar-refractivity contribution in [1.29, 1.82) is 0 Å². The SMILES string of the molecule is O=C(c1ccc2ccccc2n1)N1CCOC[C@@H]1CCc1cnccn1. The van der Waals surface area contributed by atoms with Crippen LogP contribution in [0.3, 0.4) is 0 Å². The number of hydrogen-bond donors (Lipinski definition) is 0. The maximum atomic E-state index is 13.0. The molecule has 0 radical (unpaired) electrons. The second kappa shape index (κ2) is 7.58. The number of ether oxygens (including phenoxy) is 1. The average molecular weight is 348 g/mol. The lowest BCUT2D eigenvalue weighted by atomic mass is 10.1. The van der Waals surface area contributed by atoms with E-state index in [0.717, 1.165) is 29.4 Å². The van der Waals surface area contributed by atoms with Gasteiger partial charge < -0.3 is 9.64 Å². The fourth-order valence-corrected chi connectivity index (χ4v) is 3.27. The van der Waals surface area contributed by atoms with Crippen molar-refractivity contribution in [3.05, 3.63) is 66.4 Å². The van der Waals surface area contributed by atoms with Crippen molar-refractivity contribution in [1.82, 2.24) is 19.9 Å². The normalized spacial score (nSPS) is 17.4. The molecule has 1 amide bonds. The number of nitrogens with zero attached hydrogens (tertiary/aromatic N) is 4.